The van der Waals surface area contributed by atoms with Gasteiger partial charge in [0.05, 0.1) is 10.7 Å². The molecule has 1 N–H and O–H groups in total. The van der Waals surface area contributed by atoms with Crippen molar-refractivity contribution in [3.63, 3.8) is 0 Å². The van der Waals surface area contributed by atoms with Crippen molar-refractivity contribution in [2.45, 2.75) is 20.0 Å². The van der Waals surface area contributed by atoms with E-state index in [0.717, 1.165) is 5.56 Å². The van der Waals surface area contributed by atoms with Gasteiger partial charge in [-0.3, -0.25) is 4.79 Å². The Labute approximate surface area is 144 Å². The smallest absolute Gasteiger partial charge is 0.265 e. The molecule has 3 nitrogen and oxygen atoms in total. The van der Waals surface area contributed by atoms with Gasteiger partial charge in [-0.1, -0.05) is 34.8 Å². The first-order valence-electron chi connectivity index (χ1n) is 6.55. The average molecular weight is 359 g/mol. The lowest BCUT2D eigenvalue weighted by molar-refractivity contribution is -0.122. The number of carbonyl (C=O) groups excluding carboxylic acids is 1. The van der Waals surface area contributed by atoms with Gasteiger partial charge in [0.15, 0.2) is 6.10 Å². The van der Waals surface area contributed by atoms with Crippen LogP contribution in [0.1, 0.15) is 12.5 Å². The summed E-state index contributed by atoms with van der Waals surface area (Å²) >= 11 is 17.7. The highest BCUT2D eigenvalue weighted by molar-refractivity contribution is 6.36. The summed E-state index contributed by atoms with van der Waals surface area (Å²) in [6.45, 7) is 3.52. The molecule has 1 amide bonds. The minimum Gasteiger partial charge on any atom is -0.481 e. The van der Waals surface area contributed by atoms with Crippen LogP contribution in [0.2, 0.25) is 15.1 Å². The van der Waals surface area contributed by atoms with Gasteiger partial charge >= 0.3 is 0 Å². The highest BCUT2D eigenvalue weighted by Crippen LogP contribution is 2.26. The fourth-order valence-electron chi connectivity index (χ4n) is 1.81. The number of halogens is 3. The van der Waals surface area contributed by atoms with Crippen molar-refractivity contribution < 1.29 is 9.53 Å². The van der Waals surface area contributed by atoms with Crippen LogP contribution in [-0.4, -0.2) is 12.0 Å². The zero-order chi connectivity index (χ0) is 16.3. The number of hydrogen-bond donors (Lipinski definition) is 1. The zero-order valence-electron chi connectivity index (χ0n) is 12.0. The Hall–Kier alpha value is -1.42. The first-order valence-corrected chi connectivity index (χ1v) is 7.69. The fraction of sp³-hybridized carbons (Fsp3) is 0.188. The summed E-state index contributed by atoms with van der Waals surface area (Å²) < 4.78 is 5.66. The van der Waals surface area contributed by atoms with Crippen molar-refractivity contribution in [3.8, 4) is 5.75 Å². The Morgan fingerprint density at radius 1 is 1.09 bits per heavy atom. The van der Waals surface area contributed by atoms with E-state index in [1.54, 1.807) is 43.3 Å². The van der Waals surface area contributed by atoms with Crippen molar-refractivity contribution >= 4 is 46.4 Å². The van der Waals surface area contributed by atoms with E-state index in [4.69, 9.17) is 39.5 Å². The van der Waals surface area contributed by atoms with Crippen LogP contribution in [0.3, 0.4) is 0 Å². The highest BCUT2D eigenvalue weighted by Gasteiger charge is 2.17. The first-order chi connectivity index (χ1) is 10.4. The van der Waals surface area contributed by atoms with Gasteiger partial charge in [0.2, 0.25) is 0 Å². The summed E-state index contributed by atoms with van der Waals surface area (Å²) in [4.78, 5) is 12.2. The summed E-state index contributed by atoms with van der Waals surface area (Å²) in [5.41, 5.74) is 1.34. The Kier molecular flexibility index (Phi) is 5.57. The number of ether oxygens (including phenoxy) is 1. The van der Waals surface area contributed by atoms with Gasteiger partial charge in [-0.2, -0.15) is 0 Å². The molecule has 0 aliphatic rings. The van der Waals surface area contributed by atoms with Gasteiger partial charge < -0.3 is 10.1 Å². The Bertz CT molecular complexity index is 704. The van der Waals surface area contributed by atoms with Gasteiger partial charge in [0, 0.05) is 10.0 Å². The molecule has 6 heteroatoms. The fourth-order valence-corrected chi connectivity index (χ4v) is 2.50. The molecule has 1 unspecified atom stereocenters. The van der Waals surface area contributed by atoms with Gasteiger partial charge in [-0.15, -0.1) is 0 Å². The van der Waals surface area contributed by atoms with E-state index in [-0.39, 0.29) is 5.91 Å². The van der Waals surface area contributed by atoms with Crippen LogP contribution < -0.4 is 10.1 Å². The van der Waals surface area contributed by atoms with Gasteiger partial charge in [-0.25, -0.2) is 0 Å². The first kappa shape index (κ1) is 16.9. The summed E-state index contributed by atoms with van der Waals surface area (Å²) in [5, 5.41) is 4.20. The predicted octanol–water partition coefficient (Wildman–Crippen LogP) is 5.36. The predicted molar refractivity (Wildman–Crippen MR) is 91.4 cm³/mol. The quantitative estimate of drug-likeness (QED) is 0.799. The Balaban J connectivity index is 2.05. The monoisotopic (exact) mass is 357 g/mol. The standard InChI is InChI=1S/C16H14Cl3NO2/c1-9-7-11(17)4-6-15(9)22-10(2)16(21)20-14-5-3-12(18)8-13(14)19/h3-8,10H,1-2H3,(H,20,21). The van der Waals surface area contributed by atoms with E-state index in [9.17, 15) is 4.79 Å². The summed E-state index contributed by atoms with van der Waals surface area (Å²) in [6, 6.07) is 10.1. The van der Waals surface area contributed by atoms with Crippen LogP contribution in [0.15, 0.2) is 36.4 Å². The third kappa shape index (κ3) is 4.29. The molecule has 0 saturated heterocycles. The maximum absolute atomic E-state index is 12.2. The number of aryl methyl sites for hydroxylation is 1. The van der Waals surface area contributed by atoms with Crippen molar-refractivity contribution in [2.24, 2.45) is 0 Å². The molecule has 0 fully saturated rings. The maximum Gasteiger partial charge on any atom is 0.265 e. The third-order valence-corrected chi connectivity index (χ3v) is 3.78. The summed E-state index contributed by atoms with van der Waals surface area (Å²) in [5.74, 6) is 0.299. The van der Waals surface area contributed by atoms with E-state index < -0.39 is 6.10 Å². The van der Waals surface area contributed by atoms with Crippen molar-refractivity contribution in [2.75, 3.05) is 5.32 Å². The second-order valence-corrected chi connectivity index (χ2v) is 6.06. The number of nitrogens with one attached hydrogen (secondary N) is 1. The number of carbonyl (C=O) groups is 1. The summed E-state index contributed by atoms with van der Waals surface area (Å²) in [6.07, 6.45) is -0.688. The normalized spacial score (nSPS) is 11.9. The van der Waals surface area contributed by atoms with Crippen molar-refractivity contribution in [1.29, 1.82) is 0 Å². The molecule has 0 aromatic heterocycles. The molecule has 0 aliphatic heterocycles. The average Bonchev–Trinajstić information content (AvgIpc) is 2.44. The molecule has 0 radical (unpaired) electrons. The summed E-state index contributed by atoms with van der Waals surface area (Å²) in [7, 11) is 0. The molecule has 2 aromatic carbocycles. The lowest BCUT2D eigenvalue weighted by Crippen LogP contribution is -2.30. The van der Waals surface area contributed by atoms with E-state index in [1.165, 1.54) is 0 Å². The van der Waals surface area contributed by atoms with Crippen LogP contribution >= 0.6 is 34.8 Å². The van der Waals surface area contributed by atoms with Crippen LogP contribution in [0.4, 0.5) is 5.69 Å². The molecule has 0 aliphatic carbocycles. The molecule has 0 saturated carbocycles. The minimum absolute atomic E-state index is 0.307. The third-order valence-electron chi connectivity index (χ3n) is 3.00. The number of hydrogen-bond acceptors (Lipinski definition) is 2. The van der Waals surface area contributed by atoms with Gasteiger partial charge in [-0.05, 0) is 55.8 Å². The molecule has 0 heterocycles. The van der Waals surface area contributed by atoms with E-state index >= 15 is 0 Å². The SMILES string of the molecule is Cc1cc(Cl)ccc1OC(C)C(=O)Nc1ccc(Cl)cc1Cl. The Morgan fingerprint density at radius 2 is 1.73 bits per heavy atom. The van der Waals surface area contributed by atoms with Gasteiger partial charge in [0.25, 0.3) is 5.91 Å². The van der Waals surface area contributed by atoms with E-state index in [0.29, 0.717) is 26.5 Å². The number of anilines is 1. The van der Waals surface area contributed by atoms with Crippen LogP contribution in [0.5, 0.6) is 5.75 Å². The number of benzene rings is 2. The Morgan fingerprint density at radius 3 is 2.36 bits per heavy atom. The molecular weight excluding hydrogens is 345 g/mol. The molecule has 22 heavy (non-hydrogen) atoms. The maximum atomic E-state index is 12.2. The molecule has 116 valence electrons. The second kappa shape index (κ2) is 7.23. The van der Waals surface area contributed by atoms with Crippen molar-refractivity contribution in [3.05, 3.63) is 57.0 Å². The molecule has 0 spiro atoms. The van der Waals surface area contributed by atoms with E-state index in [1.807, 2.05) is 6.92 Å². The molecule has 1 atom stereocenters. The minimum atomic E-state index is -0.688. The van der Waals surface area contributed by atoms with Crippen LogP contribution in [0, 0.1) is 6.92 Å². The van der Waals surface area contributed by atoms with Gasteiger partial charge in [0.1, 0.15) is 5.75 Å². The molecule has 2 rings (SSSR count). The second-order valence-electron chi connectivity index (χ2n) is 4.78. The lowest BCUT2D eigenvalue weighted by Gasteiger charge is -2.17. The molecule has 2 aromatic rings. The lowest BCUT2D eigenvalue weighted by atomic mass is 10.2. The van der Waals surface area contributed by atoms with Crippen LogP contribution in [0.25, 0.3) is 0 Å². The number of amides is 1. The van der Waals surface area contributed by atoms with Crippen LogP contribution in [-0.2, 0) is 4.79 Å². The molecule has 0 bridgehead atoms. The largest absolute Gasteiger partial charge is 0.481 e. The molecular formula is C16H14Cl3NO2. The zero-order valence-corrected chi connectivity index (χ0v) is 14.3. The van der Waals surface area contributed by atoms with E-state index in [2.05, 4.69) is 5.32 Å². The number of rotatable bonds is 4. The van der Waals surface area contributed by atoms with Crippen molar-refractivity contribution in [1.82, 2.24) is 0 Å². The highest BCUT2D eigenvalue weighted by atomic mass is 35.5. The topological polar surface area (TPSA) is 38.3 Å².